The first-order chi connectivity index (χ1) is 30.0. The van der Waals surface area contributed by atoms with Gasteiger partial charge in [-0.3, -0.25) is 4.79 Å². The Morgan fingerprint density at radius 2 is 0.754 bits per heavy atom. The molecule has 3 unspecified atom stereocenters. The Labute approximate surface area is 379 Å². The number of carbonyl (C=O) groups excluding carboxylic acids is 1. The summed E-state index contributed by atoms with van der Waals surface area (Å²) in [5.74, 6) is -0.334. The second-order valence-corrected chi connectivity index (χ2v) is 18.1. The van der Waals surface area contributed by atoms with E-state index in [9.17, 15) is 20.1 Å². The minimum Gasteiger partial charge on any atom is -0.394 e. The van der Waals surface area contributed by atoms with Crippen molar-refractivity contribution in [3.05, 3.63) is 60.8 Å². The van der Waals surface area contributed by atoms with Crippen LogP contribution in [0, 0.1) is 0 Å². The van der Waals surface area contributed by atoms with Gasteiger partial charge in [0.05, 0.1) is 31.3 Å². The van der Waals surface area contributed by atoms with Crippen LogP contribution in [0.4, 0.5) is 0 Å². The van der Waals surface area contributed by atoms with Gasteiger partial charge < -0.3 is 20.6 Å². The van der Waals surface area contributed by atoms with Crippen LogP contribution in [0.1, 0.15) is 264 Å². The van der Waals surface area contributed by atoms with E-state index in [1.807, 2.05) is 6.08 Å². The Bertz CT molecular complexity index is 1030. The van der Waals surface area contributed by atoms with Crippen LogP contribution in [0.2, 0.25) is 0 Å². The summed E-state index contributed by atoms with van der Waals surface area (Å²) in [7, 11) is 0. The lowest BCUT2D eigenvalue weighted by atomic mass is 10.0. The van der Waals surface area contributed by atoms with Crippen molar-refractivity contribution < 1.29 is 20.1 Å². The highest BCUT2D eigenvalue weighted by molar-refractivity contribution is 5.76. The summed E-state index contributed by atoms with van der Waals surface area (Å²) in [6.45, 7) is 4.21. The second kappa shape index (κ2) is 50.7. The van der Waals surface area contributed by atoms with E-state index in [4.69, 9.17) is 0 Å². The number of allylic oxidation sites excluding steroid dienone is 9. The molecule has 356 valence electrons. The van der Waals surface area contributed by atoms with Gasteiger partial charge in [-0.25, -0.2) is 0 Å². The average Bonchev–Trinajstić information content (AvgIpc) is 3.25. The molecular weight excluding hydrogens is 751 g/mol. The van der Waals surface area contributed by atoms with Gasteiger partial charge in [0.2, 0.25) is 5.91 Å². The van der Waals surface area contributed by atoms with Crippen LogP contribution in [-0.4, -0.2) is 46.1 Å². The van der Waals surface area contributed by atoms with Crippen molar-refractivity contribution in [2.75, 3.05) is 6.61 Å². The van der Waals surface area contributed by atoms with Gasteiger partial charge in [0.15, 0.2) is 0 Å². The fraction of sp³-hybridized carbons (Fsp3) is 0.804. The Morgan fingerprint density at radius 1 is 0.426 bits per heavy atom. The predicted molar refractivity (Wildman–Crippen MR) is 268 cm³/mol. The highest BCUT2D eigenvalue weighted by atomic mass is 16.3. The number of nitrogens with one attached hydrogen (secondary N) is 1. The maximum absolute atomic E-state index is 12.5. The van der Waals surface area contributed by atoms with Gasteiger partial charge in [0.1, 0.15) is 0 Å². The van der Waals surface area contributed by atoms with Gasteiger partial charge in [0, 0.05) is 0 Å². The number of aliphatic hydroxyl groups is 3. The Kier molecular flexibility index (Phi) is 49.1. The maximum Gasteiger partial charge on any atom is 0.222 e. The Hall–Kier alpha value is -1.95. The molecule has 0 saturated carbocycles. The molecule has 0 bridgehead atoms. The fourth-order valence-corrected chi connectivity index (χ4v) is 7.93. The van der Waals surface area contributed by atoms with Gasteiger partial charge in [-0.1, -0.05) is 242 Å². The van der Waals surface area contributed by atoms with E-state index < -0.39 is 18.2 Å². The minimum atomic E-state index is -0.965. The summed E-state index contributed by atoms with van der Waals surface area (Å²) < 4.78 is 0. The molecule has 0 saturated heterocycles. The van der Waals surface area contributed by atoms with Gasteiger partial charge in [-0.05, 0) is 77.0 Å². The van der Waals surface area contributed by atoms with E-state index in [0.717, 1.165) is 51.4 Å². The summed E-state index contributed by atoms with van der Waals surface area (Å²) in [5, 5.41) is 33.4. The standard InChI is InChI=1S/C56H103NO4/c1-3-5-7-9-11-13-15-17-19-21-23-25-27-29-31-33-35-37-39-41-43-45-47-49-53(59)51-56(61)57-54(52-58)55(60)50-48-46-44-42-40-38-36-34-32-30-28-26-24-22-20-18-16-14-12-10-8-6-4-2/h23,25,29,31-32,34,40,42,48,50,53-55,58-60H,3-22,24,26-28,30,33,35-39,41,43-47,49,51-52H2,1-2H3,(H,57,61)/b25-23-,31-29-,34-32+,42-40+,50-48+. The summed E-state index contributed by atoms with van der Waals surface area (Å²) in [6.07, 6.45) is 68.2. The molecule has 5 nitrogen and oxygen atoms in total. The van der Waals surface area contributed by atoms with E-state index in [1.165, 1.54) is 186 Å². The average molecular weight is 854 g/mol. The second-order valence-electron chi connectivity index (χ2n) is 18.1. The summed E-state index contributed by atoms with van der Waals surface area (Å²) in [4.78, 5) is 12.5. The monoisotopic (exact) mass is 854 g/mol. The number of carbonyl (C=O) groups is 1. The molecule has 0 aliphatic rings. The van der Waals surface area contributed by atoms with Gasteiger partial charge in [-0.15, -0.1) is 0 Å². The molecule has 4 N–H and O–H groups in total. The maximum atomic E-state index is 12.5. The van der Waals surface area contributed by atoms with Crippen molar-refractivity contribution in [3.63, 3.8) is 0 Å². The lowest BCUT2D eigenvalue weighted by molar-refractivity contribution is -0.124. The molecule has 0 aromatic rings. The number of amides is 1. The highest BCUT2D eigenvalue weighted by Crippen LogP contribution is 2.15. The summed E-state index contributed by atoms with van der Waals surface area (Å²) in [5.41, 5.74) is 0. The number of hydrogen-bond donors (Lipinski definition) is 4. The molecule has 0 aliphatic carbocycles. The molecule has 1 amide bonds. The third kappa shape index (κ3) is 47.4. The first-order valence-electron chi connectivity index (χ1n) is 26.6. The first-order valence-corrected chi connectivity index (χ1v) is 26.6. The van der Waals surface area contributed by atoms with Crippen molar-refractivity contribution in [3.8, 4) is 0 Å². The Balaban J connectivity index is 3.70. The number of rotatable bonds is 48. The molecule has 61 heavy (non-hydrogen) atoms. The third-order valence-electron chi connectivity index (χ3n) is 12.0. The predicted octanol–water partition coefficient (Wildman–Crippen LogP) is 16.2. The molecule has 0 heterocycles. The van der Waals surface area contributed by atoms with Crippen molar-refractivity contribution in [1.82, 2.24) is 5.32 Å². The van der Waals surface area contributed by atoms with E-state index >= 15 is 0 Å². The van der Waals surface area contributed by atoms with E-state index in [-0.39, 0.29) is 18.9 Å². The molecule has 0 aromatic carbocycles. The smallest absolute Gasteiger partial charge is 0.222 e. The zero-order chi connectivity index (χ0) is 44.4. The van der Waals surface area contributed by atoms with Gasteiger partial charge in [0.25, 0.3) is 0 Å². The van der Waals surface area contributed by atoms with Crippen molar-refractivity contribution in [2.24, 2.45) is 0 Å². The third-order valence-corrected chi connectivity index (χ3v) is 12.0. The lowest BCUT2D eigenvalue weighted by Crippen LogP contribution is -2.45. The van der Waals surface area contributed by atoms with E-state index in [2.05, 4.69) is 67.8 Å². The molecule has 0 fully saturated rings. The Morgan fingerprint density at radius 3 is 1.15 bits per heavy atom. The fourth-order valence-electron chi connectivity index (χ4n) is 7.93. The van der Waals surface area contributed by atoms with Crippen LogP contribution >= 0.6 is 0 Å². The van der Waals surface area contributed by atoms with Crippen LogP contribution in [-0.2, 0) is 4.79 Å². The number of hydrogen-bond acceptors (Lipinski definition) is 4. The molecular formula is C56H103NO4. The van der Waals surface area contributed by atoms with Crippen LogP contribution in [0.15, 0.2) is 60.8 Å². The van der Waals surface area contributed by atoms with Crippen LogP contribution < -0.4 is 5.32 Å². The van der Waals surface area contributed by atoms with Crippen molar-refractivity contribution in [1.29, 1.82) is 0 Å². The van der Waals surface area contributed by atoms with E-state index in [1.54, 1.807) is 6.08 Å². The minimum absolute atomic E-state index is 0.00498. The summed E-state index contributed by atoms with van der Waals surface area (Å²) in [6, 6.07) is -0.774. The van der Waals surface area contributed by atoms with Crippen molar-refractivity contribution >= 4 is 5.91 Å². The molecule has 0 spiro atoms. The van der Waals surface area contributed by atoms with E-state index in [0.29, 0.717) is 6.42 Å². The van der Waals surface area contributed by atoms with Gasteiger partial charge >= 0.3 is 0 Å². The number of unbranched alkanes of at least 4 members (excludes halogenated alkanes) is 31. The molecule has 5 heteroatoms. The SMILES string of the molecule is CCCCCCCCCCC/C=C\C/C=C\CCCCCCCCCC(O)CC(=O)NC(CO)C(O)/C=C/CC/C=C/CC/C=C/CCCCCCCCCCCCCCC. The quantitative estimate of drug-likeness (QED) is 0.0363. The normalized spacial score (nSPS) is 13.9. The van der Waals surface area contributed by atoms with Gasteiger partial charge in [-0.2, -0.15) is 0 Å². The summed E-state index contributed by atoms with van der Waals surface area (Å²) >= 11 is 0. The van der Waals surface area contributed by atoms with Crippen LogP contribution in [0.3, 0.4) is 0 Å². The number of aliphatic hydroxyl groups excluding tert-OH is 3. The molecule has 0 rings (SSSR count). The largest absolute Gasteiger partial charge is 0.394 e. The zero-order valence-electron chi connectivity index (χ0n) is 40.5. The molecule has 0 radical (unpaired) electrons. The van der Waals surface area contributed by atoms with Crippen LogP contribution in [0.5, 0.6) is 0 Å². The lowest BCUT2D eigenvalue weighted by Gasteiger charge is -2.21. The highest BCUT2D eigenvalue weighted by Gasteiger charge is 2.20. The molecule has 3 atom stereocenters. The first kappa shape index (κ1) is 59.0. The van der Waals surface area contributed by atoms with Crippen LogP contribution in [0.25, 0.3) is 0 Å². The molecule has 0 aromatic heterocycles. The van der Waals surface area contributed by atoms with Crippen molar-refractivity contribution in [2.45, 2.75) is 283 Å². The zero-order valence-corrected chi connectivity index (χ0v) is 40.5. The topological polar surface area (TPSA) is 89.8 Å². The molecule has 0 aliphatic heterocycles.